The summed E-state index contributed by atoms with van der Waals surface area (Å²) in [6, 6.07) is 0. The Kier molecular flexibility index (Phi) is 4.78. The maximum atomic E-state index is 11.5. The zero-order chi connectivity index (χ0) is 9.61. The molecule has 0 heterocycles. The molecular formula is C8H13F3O. The second kappa shape index (κ2) is 5.06. The average molecular weight is 182 g/mol. The van der Waals surface area contributed by atoms with Crippen molar-refractivity contribution in [3.05, 3.63) is 12.3 Å². The van der Waals surface area contributed by atoms with Gasteiger partial charge in [-0.15, -0.1) is 0 Å². The van der Waals surface area contributed by atoms with Crippen molar-refractivity contribution < 1.29 is 17.9 Å². The van der Waals surface area contributed by atoms with Crippen molar-refractivity contribution in [3.8, 4) is 0 Å². The first-order valence-corrected chi connectivity index (χ1v) is 3.85. The molecule has 0 radical (unpaired) electrons. The Balaban J connectivity index is 3.60. The third-order valence-electron chi connectivity index (χ3n) is 1.26. The molecule has 0 aromatic heterocycles. The van der Waals surface area contributed by atoms with E-state index in [9.17, 15) is 13.2 Å². The van der Waals surface area contributed by atoms with E-state index in [-0.39, 0.29) is 12.2 Å². The van der Waals surface area contributed by atoms with Crippen molar-refractivity contribution in [1.82, 2.24) is 0 Å². The lowest BCUT2D eigenvalue weighted by molar-refractivity contribution is -0.0821. The van der Waals surface area contributed by atoms with Gasteiger partial charge < -0.3 is 4.74 Å². The second-order valence-corrected chi connectivity index (χ2v) is 2.58. The molecule has 4 heteroatoms. The van der Waals surface area contributed by atoms with Crippen LogP contribution in [-0.2, 0) is 4.74 Å². The third-order valence-corrected chi connectivity index (χ3v) is 1.26. The minimum Gasteiger partial charge on any atom is -0.498 e. The van der Waals surface area contributed by atoms with Gasteiger partial charge in [0.05, 0.1) is 18.4 Å². The highest BCUT2D eigenvalue weighted by Crippen LogP contribution is 2.16. The van der Waals surface area contributed by atoms with Crippen LogP contribution in [0.3, 0.4) is 0 Å². The number of halogens is 3. The molecule has 12 heavy (non-hydrogen) atoms. The summed E-state index contributed by atoms with van der Waals surface area (Å²) in [6.45, 7) is 3.69. The van der Waals surface area contributed by atoms with E-state index in [0.717, 1.165) is 12.8 Å². The van der Waals surface area contributed by atoms with Gasteiger partial charge in [-0.3, -0.25) is 0 Å². The largest absolute Gasteiger partial charge is 0.498 e. The van der Waals surface area contributed by atoms with Gasteiger partial charge in [-0.25, -0.2) is 0 Å². The van der Waals surface area contributed by atoms with E-state index in [1.807, 2.05) is 6.92 Å². The van der Waals surface area contributed by atoms with Gasteiger partial charge in [-0.1, -0.05) is 13.3 Å². The molecule has 0 spiro atoms. The Morgan fingerprint density at radius 2 is 2.00 bits per heavy atom. The Morgan fingerprint density at radius 1 is 1.42 bits per heavy atom. The Bertz CT molecular complexity index is 140. The molecule has 0 aromatic rings. The first-order chi connectivity index (χ1) is 5.45. The quantitative estimate of drug-likeness (QED) is 0.606. The minimum atomic E-state index is -4.27. The zero-order valence-electron chi connectivity index (χ0n) is 7.19. The Labute approximate surface area is 70.2 Å². The maximum Gasteiger partial charge on any atom is 0.412 e. The van der Waals surface area contributed by atoms with Gasteiger partial charge in [0, 0.05) is 0 Å². The summed E-state index contributed by atoms with van der Waals surface area (Å²) >= 11 is 0. The maximum absolute atomic E-state index is 11.5. The van der Waals surface area contributed by atoms with E-state index in [0.29, 0.717) is 6.26 Å². The molecule has 0 aliphatic heterocycles. The fourth-order valence-corrected chi connectivity index (χ4v) is 0.725. The molecule has 0 aromatic carbocycles. The Hall–Kier alpha value is -0.670. The fraction of sp³-hybridized carbons (Fsp3) is 0.750. The molecule has 72 valence electrons. The van der Waals surface area contributed by atoms with Crippen LogP contribution in [0.4, 0.5) is 13.2 Å². The van der Waals surface area contributed by atoms with E-state index in [1.54, 1.807) is 6.92 Å². The molecule has 0 N–H and O–H groups in total. The molecule has 0 rings (SSSR count). The highest BCUT2D eigenvalue weighted by Gasteiger charge is 2.22. The van der Waals surface area contributed by atoms with E-state index >= 15 is 0 Å². The third kappa shape index (κ3) is 7.44. The number of hydrogen-bond acceptors (Lipinski definition) is 1. The Morgan fingerprint density at radius 3 is 2.42 bits per heavy atom. The molecule has 0 saturated heterocycles. The highest BCUT2D eigenvalue weighted by atomic mass is 19.4. The molecule has 1 atom stereocenters. The van der Waals surface area contributed by atoms with E-state index in [2.05, 4.69) is 0 Å². The smallest absolute Gasteiger partial charge is 0.412 e. The lowest BCUT2D eigenvalue weighted by Gasteiger charge is -2.09. The number of ether oxygens (including phenoxy) is 1. The topological polar surface area (TPSA) is 9.23 Å². The van der Waals surface area contributed by atoms with E-state index < -0.39 is 6.18 Å². The van der Waals surface area contributed by atoms with Crippen LogP contribution < -0.4 is 0 Å². The van der Waals surface area contributed by atoms with E-state index in [1.165, 1.54) is 0 Å². The number of alkyl halides is 3. The van der Waals surface area contributed by atoms with Crippen molar-refractivity contribution in [1.29, 1.82) is 0 Å². The lowest BCUT2D eigenvalue weighted by atomic mass is 10.2. The van der Waals surface area contributed by atoms with Crippen molar-refractivity contribution in [2.24, 2.45) is 0 Å². The standard InChI is InChI=1S/C8H13F3O/c1-3-4-7(2)12-6-5-8(9,10)11/h5-7H,3-4H2,1-2H3/b6-5+. The SMILES string of the molecule is CCCC(C)O/C=C/C(F)(F)F. The van der Waals surface area contributed by atoms with Gasteiger partial charge in [0.2, 0.25) is 0 Å². The zero-order valence-corrected chi connectivity index (χ0v) is 7.19. The monoisotopic (exact) mass is 182 g/mol. The highest BCUT2D eigenvalue weighted by molar-refractivity contribution is 4.82. The lowest BCUT2D eigenvalue weighted by Crippen LogP contribution is -2.05. The van der Waals surface area contributed by atoms with Gasteiger partial charge in [0.1, 0.15) is 0 Å². The molecule has 1 nitrogen and oxygen atoms in total. The van der Waals surface area contributed by atoms with Crippen LogP contribution >= 0.6 is 0 Å². The summed E-state index contributed by atoms with van der Waals surface area (Å²) < 4.78 is 39.3. The summed E-state index contributed by atoms with van der Waals surface area (Å²) in [5.41, 5.74) is 0. The summed E-state index contributed by atoms with van der Waals surface area (Å²) in [7, 11) is 0. The molecule has 0 amide bonds. The number of hydrogen-bond donors (Lipinski definition) is 0. The summed E-state index contributed by atoms with van der Waals surface area (Å²) in [4.78, 5) is 0. The van der Waals surface area contributed by atoms with Crippen LogP contribution in [0.25, 0.3) is 0 Å². The minimum absolute atomic E-state index is 0.0964. The molecule has 1 unspecified atom stereocenters. The second-order valence-electron chi connectivity index (χ2n) is 2.58. The van der Waals surface area contributed by atoms with Crippen LogP contribution in [0.15, 0.2) is 12.3 Å². The van der Waals surface area contributed by atoms with Crippen LogP contribution in [-0.4, -0.2) is 12.3 Å². The summed E-state index contributed by atoms with van der Waals surface area (Å²) in [5, 5.41) is 0. The molecule has 0 aliphatic rings. The van der Waals surface area contributed by atoms with E-state index in [4.69, 9.17) is 4.74 Å². The van der Waals surface area contributed by atoms with Gasteiger partial charge in [-0.2, -0.15) is 13.2 Å². The van der Waals surface area contributed by atoms with Crippen LogP contribution in [0, 0.1) is 0 Å². The van der Waals surface area contributed by atoms with Crippen molar-refractivity contribution >= 4 is 0 Å². The van der Waals surface area contributed by atoms with Gasteiger partial charge in [-0.05, 0) is 13.3 Å². The predicted molar refractivity (Wildman–Crippen MR) is 40.7 cm³/mol. The first kappa shape index (κ1) is 11.3. The predicted octanol–water partition coefficient (Wildman–Crippen LogP) is 3.27. The van der Waals surface area contributed by atoms with Crippen molar-refractivity contribution in [2.75, 3.05) is 0 Å². The molecule has 0 bridgehead atoms. The average Bonchev–Trinajstić information content (AvgIpc) is 1.84. The molecule has 0 aliphatic carbocycles. The van der Waals surface area contributed by atoms with Crippen LogP contribution in [0.5, 0.6) is 0 Å². The summed E-state index contributed by atoms with van der Waals surface area (Å²) in [5.74, 6) is 0. The summed E-state index contributed by atoms with van der Waals surface area (Å²) in [6.07, 6.45) is -1.94. The van der Waals surface area contributed by atoms with Crippen LogP contribution in [0.1, 0.15) is 26.7 Å². The van der Waals surface area contributed by atoms with Crippen molar-refractivity contribution in [2.45, 2.75) is 39.0 Å². The van der Waals surface area contributed by atoms with Gasteiger partial charge in [0.25, 0.3) is 0 Å². The van der Waals surface area contributed by atoms with Crippen molar-refractivity contribution in [3.63, 3.8) is 0 Å². The molecule has 0 fully saturated rings. The first-order valence-electron chi connectivity index (χ1n) is 3.85. The number of rotatable bonds is 4. The number of allylic oxidation sites excluding steroid dienone is 1. The van der Waals surface area contributed by atoms with Gasteiger partial charge in [0.15, 0.2) is 0 Å². The van der Waals surface area contributed by atoms with Crippen LogP contribution in [0.2, 0.25) is 0 Å². The molecular weight excluding hydrogens is 169 g/mol. The molecule has 0 saturated carbocycles. The normalized spacial score (nSPS) is 15.1. The fourth-order valence-electron chi connectivity index (χ4n) is 0.725. The van der Waals surface area contributed by atoms with Gasteiger partial charge >= 0.3 is 6.18 Å².